The number of rotatable bonds is 8. The molecule has 0 bridgehead atoms. The smallest absolute Gasteiger partial charge is 0.407 e. The maximum absolute atomic E-state index is 13.8. The van der Waals surface area contributed by atoms with Crippen LogP contribution in [0.5, 0.6) is 0 Å². The normalized spacial score (nSPS) is 12.9. The van der Waals surface area contributed by atoms with Crippen LogP contribution in [0.25, 0.3) is 11.1 Å². The van der Waals surface area contributed by atoms with Gasteiger partial charge in [-0.15, -0.1) is 0 Å². The second kappa shape index (κ2) is 10.3. The Hall–Kier alpha value is -4.27. The quantitative estimate of drug-likeness (QED) is 0.453. The van der Waals surface area contributed by atoms with E-state index in [0.717, 1.165) is 40.5 Å². The number of hydrogen-bond acceptors (Lipinski definition) is 4. The van der Waals surface area contributed by atoms with Gasteiger partial charge in [-0.1, -0.05) is 48.5 Å². The number of benzene rings is 3. The zero-order valence-corrected chi connectivity index (χ0v) is 18.5. The van der Waals surface area contributed by atoms with Gasteiger partial charge < -0.3 is 20.5 Å². The van der Waals surface area contributed by atoms with E-state index in [1.54, 1.807) is 0 Å². The van der Waals surface area contributed by atoms with Gasteiger partial charge in [-0.25, -0.2) is 13.6 Å². The van der Waals surface area contributed by atoms with Gasteiger partial charge in [-0.05, 0) is 40.5 Å². The Labute approximate surface area is 199 Å². The van der Waals surface area contributed by atoms with Crippen molar-refractivity contribution in [3.8, 4) is 11.1 Å². The summed E-state index contributed by atoms with van der Waals surface area (Å²) in [4.78, 5) is 36.2. The minimum atomic E-state index is -1.47. The number of ether oxygens (including phenoxy) is 1. The largest absolute Gasteiger partial charge is 0.481 e. The highest BCUT2D eigenvalue weighted by Gasteiger charge is 2.30. The van der Waals surface area contributed by atoms with E-state index in [1.165, 1.54) is 0 Å². The molecule has 0 heterocycles. The van der Waals surface area contributed by atoms with Gasteiger partial charge in [0.1, 0.15) is 24.3 Å². The minimum absolute atomic E-state index is 0.0181. The van der Waals surface area contributed by atoms with Crippen molar-refractivity contribution >= 4 is 18.0 Å². The van der Waals surface area contributed by atoms with Crippen LogP contribution in [0.1, 0.15) is 29.0 Å². The lowest BCUT2D eigenvalue weighted by molar-refractivity contribution is -0.139. The number of nitrogens with one attached hydrogen (secondary N) is 2. The summed E-state index contributed by atoms with van der Waals surface area (Å²) in [5.74, 6) is -3.83. The van der Waals surface area contributed by atoms with E-state index in [1.807, 2.05) is 48.5 Å². The van der Waals surface area contributed by atoms with Crippen molar-refractivity contribution in [1.29, 1.82) is 0 Å². The van der Waals surface area contributed by atoms with E-state index < -0.39 is 42.1 Å². The van der Waals surface area contributed by atoms with E-state index in [-0.39, 0.29) is 24.6 Å². The summed E-state index contributed by atoms with van der Waals surface area (Å²) < 4.78 is 32.5. The highest BCUT2D eigenvalue weighted by Crippen LogP contribution is 2.44. The third-order valence-electron chi connectivity index (χ3n) is 5.79. The molecule has 9 heteroatoms. The number of aliphatic carboxylic acids is 1. The fraction of sp³-hybridized carbons (Fsp3) is 0.192. The van der Waals surface area contributed by atoms with Crippen LogP contribution in [-0.4, -0.2) is 35.7 Å². The van der Waals surface area contributed by atoms with Crippen molar-refractivity contribution in [2.75, 3.05) is 6.61 Å². The lowest BCUT2D eigenvalue weighted by Gasteiger charge is -2.19. The molecule has 0 aliphatic heterocycles. The van der Waals surface area contributed by atoms with E-state index >= 15 is 0 Å². The molecule has 1 aliphatic rings. The summed E-state index contributed by atoms with van der Waals surface area (Å²) in [5, 5.41) is 13.7. The lowest BCUT2D eigenvalue weighted by Crippen LogP contribution is -2.48. The number of amides is 2. The van der Waals surface area contributed by atoms with Crippen LogP contribution >= 0.6 is 0 Å². The standard InChI is InChI=1S/C26H22F2N2O5/c27-16-9-10-22(28)15(11-16)13-29-25(33)23(12-24(31)32)30-26(34)35-14-21-19-7-3-1-5-17(19)18-6-2-4-8-20(18)21/h1-11,21,23H,12-14H2,(H,29,33)(H,30,34)(H,31,32). The molecule has 3 aromatic carbocycles. The van der Waals surface area contributed by atoms with Crippen molar-refractivity contribution in [1.82, 2.24) is 10.6 Å². The zero-order valence-electron chi connectivity index (χ0n) is 18.5. The first kappa shape index (κ1) is 23.9. The first-order valence-corrected chi connectivity index (χ1v) is 10.9. The fourth-order valence-corrected chi connectivity index (χ4v) is 4.15. The van der Waals surface area contributed by atoms with Crippen LogP contribution < -0.4 is 10.6 Å². The molecule has 1 unspecified atom stereocenters. The molecule has 1 aliphatic carbocycles. The molecular formula is C26H22F2N2O5. The molecule has 180 valence electrons. The summed E-state index contributed by atoms with van der Waals surface area (Å²) in [7, 11) is 0. The molecule has 0 saturated carbocycles. The molecule has 35 heavy (non-hydrogen) atoms. The van der Waals surface area contributed by atoms with Gasteiger partial charge in [0.15, 0.2) is 0 Å². The predicted octanol–water partition coefficient (Wildman–Crippen LogP) is 3.96. The number of hydrogen-bond donors (Lipinski definition) is 3. The third-order valence-corrected chi connectivity index (χ3v) is 5.79. The van der Waals surface area contributed by atoms with Crippen LogP contribution in [0.3, 0.4) is 0 Å². The molecule has 4 rings (SSSR count). The van der Waals surface area contributed by atoms with Crippen molar-refractivity contribution in [2.45, 2.75) is 24.9 Å². The Morgan fingerprint density at radius 3 is 2.20 bits per heavy atom. The number of alkyl carbamates (subject to hydrolysis) is 1. The van der Waals surface area contributed by atoms with Crippen molar-refractivity contribution < 1.29 is 33.0 Å². The van der Waals surface area contributed by atoms with E-state index in [4.69, 9.17) is 9.84 Å². The third kappa shape index (κ3) is 5.46. The predicted molar refractivity (Wildman–Crippen MR) is 122 cm³/mol. The molecule has 0 aromatic heterocycles. The number of fused-ring (bicyclic) bond motifs is 3. The number of carboxylic acid groups (broad SMARTS) is 1. The summed E-state index contributed by atoms with van der Waals surface area (Å²) in [6, 6.07) is 16.8. The molecule has 2 amide bonds. The molecule has 0 saturated heterocycles. The Bertz CT molecular complexity index is 1230. The maximum Gasteiger partial charge on any atom is 0.407 e. The highest BCUT2D eigenvalue weighted by molar-refractivity contribution is 5.89. The van der Waals surface area contributed by atoms with Crippen molar-refractivity contribution in [3.63, 3.8) is 0 Å². The summed E-state index contributed by atoms with van der Waals surface area (Å²) in [6.45, 7) is -0.402. The van der Waals surface area contributed by atoms with E-state index in [9.17, 15) is 23.2 Å². The van der Waals surface area contributed by atoms with Crippen LogP contribution in [0.2, 0.25) is 0 Å². The summed E-state index contributed by atoms with van der Waals surface area (Å²) in [5.41, 5.74) is 3.97. The Morgan fingerprint density at radius 2 is 1.57 bits per heavy atom. The Balaban J connectivity index is 1.39. The van der Waals surface area contributed by atoms with Crippen molar-refractivity contribution in [2.24, 2.45) is 0 Å². The van der Waals surface area contributed by atoms with Crippen LogP contribution in [0.4, 0.5) is 13.6 Å². The topological polar surface area (TPSA) is 105 Å². The molecule has 3 aromatic rings. The Morgan fingerprint density at radius 1 is 0.943 bits per heavy atom. The van der Waals surface area contributed by atoms with Crippen molar-refractivity contribution in [3.05, 3.63) is 95.1 Å². The summed E-state index contributed by atoms with van der Waals surface area (Å²) in [6.07, 6.45) is -1.69. The second-order valence-corrected chi connectivity index (χ2v) is 8.07. The maximum atomic E-state index is 13.8. The monoisotopic (exact) mass is 480 g/mol. The molecule has 0 fully saturated rings. The van der Waals surface area contributed by atoms with Crippen LogP contribution in [-0.2, 0) is 20.9 Å². The molecule has 7 nitrogen and oxygen atoms in total. The van der Waals surface area contributed by atoms with Gasteiger partial charge in [0.2, 0.25) is 5.91 Å². The van der Waals surface area contributed by atoms with Gasteiger partial charge in [0.25, 0.3) is 0 Å². The fourth-order valence-electron chi connectivity index (χ4n) is 4.15. The van der Waals surface area contributed by atoms with Crippen LogP contribution in [0, 0.1) is 11.6 Å². The molecule has 1 atom stereocenters. The Kier molecular flexibility index (Phi) is 7.05. The zero-order chi connectivity index (χ0) is 24.9. The van der Waals surface area contributed by atoms with Gasteiger partial charge >= 0.3 is 12.1 Å². The van der Waals surface area contributed by atoms with Crippen LogP contribution in [0.15, 0.2) is 66.7 Å². The molecule has 0 radical (unpaired) electrons. The van der Waals surface area contributed by atoms with Gasteiger partial charge in [0, 0.05) is 18.0 Å². The summed E-state index contributed by atoms with van der Waals surface area (Å²) >= 11 is 0. The number of carbonyl (C=O) groups is 3. The number of carbonyl (C=O) groups excluding carboxylic acids is 2. The first-order valence-electron chi connectivity index (χ1n) is 10.9. The first-order chi connectivity index (χ1) is 16.8. The van der Waals surface area contributed by atoms with E-state index in [0.29, 0.717) is 0 Å². The molecule has 3 N–H and O–H groups in total. The molecular weight excluding hydrogens is 458 g/mol. The van der Waals surface area contributed by atoms with E-state index in [2.05, 4.69) is 10.6 Å². The van der Waals surface area contributed by atoms with Gasteiger partial charge in [0.05, 0.1) is 6.42 Å². The second-order valence-electron chi connectivity index (χ2n) is 8.07. The lowest BCUT2D eigenvalue weighted by atomic mass is 9.98. The average molecular weight is 480 g/mol. The number of halogens is 2. The van der Waals surface area contributed by atoms with Gasteiger partial charge in [-0.3, -0.25) is 9.59 Å². The average Bonchev–Trinajstić information content (AvgIpc) is 3.16. The number of carboxylic acids is 1. The van der Waals surface area contributed by atoms with Gasteiger partial charge in [-0.2, -0.15) is 0 Å². The minimum Gasteiger partial charge on any atom is -0.481 e. The SMILES string of the molecule is O=C(O)CC(NC(=O)OCC1c2ccccc2-c2ccccc21)C(=O)NCc1cc(F)ccc1F. The highest BCUT2D eigenvalue weighted by atomic mass is 19.1. The molecule has 0 spiro atoms.